The summed E-state index contributed by atoms with van der Waals surface area (Å²) in [6.07, 6.45) is 4.40. The molecule has 1 aliphatic rings. The van der Waals surface area contributed by atoms with Gasteiger partial charge in [-0.1, -0.05) is 19.1 Å². The number of aliphatic hydroxyl groups excluding tert-OH is 1. The molecule has 0 radical (unpaired) electrons. The quantitative estimate of drug-likeness (QED) is 0.402. The minimum absolute atomic E-state index is 0.331. The van der Waals surface area contributed by atoms with Crippen molar-refractivity contribution in [1.29, 1.82) is 0 Å². The number of hydroxylamine groups is 2. The van der Waals surface area contributed by atoms with Gasteiger partial charge in [0.25, 0.3) is 0 Å². The number of hydrogen-bond donors (Lipinski definition) is 3. The highest BCUT2D eigenvalue weighted by Gasteiger charge is 2.37. The van der Waals surface area contributed by atoms with Crippen LogP contribution in [0.25, 0.3) is 0 Å². The second-order valence-corrected chi connectivity index (χ2v) is 4.91. The first-order valence-electron chi connectivity index (χ1n) is 6.78. The number of urea groups is 1. The van der Waals surface area contributed by atoms with Crippen molar-refractivity contribution in [2.24, 2.45) is 0 Å². The zero-order valence-electron chi connectivity index (χ0n) is 12.1. The number of aliphatic hydroxyl groups is 1. The Hall–Kier alpha value is -1.60. The number of nitrogens with zero attached hydrogens (tertiary/aromatic N) is 2. The van der Waals surface area contributed by atoms with E-state index in [1.54, 1.807) is 6.92 Å². The second-order valence-electron chi connectivity index (χ2n) is 4.91. The summed E-state index contributed by atoms with van der Waals surface area (Å²) in [5.74, 6) is -0.407. The lowest BCUT2D eigenvalue weighted by Gasteiger charge is -2.38. The maximum Gasteiger partial charge on any atom is 0.344 e. The molecule has 114 valence electrons. The van der Waals surface area contributed by atoms with Gasteiger partial charge in [-0.25, -0.2) is 9.86 Å². The molecule has 20 heavy (non-hydrogen) atoms. The maximum atomic E-state index is 12.1. The van der Waals surface area contributed by atoms with Gasteiger partial charge in [-0.05, 0) is 26.2 Å². The van der Waals surface area contributed by atoms with Crippen molar-refractivity contribution >= 4 is 11.9 Å². The first-order valence-corrected chi connectivity index (χ1v) is 6.78. The van der Waals surface area contributed by atoms with Crippen LogP contribution in [-0.4, -0.2) is 57.6 Å². The second kappa shape index (κ2) is 7.25. The Labute approximate surface area is 118 Å². The van der Waals surface area contributed by atoms with E-state index >= 15 is 0 Å². The summed E-state index contributed by atoms with van der Waals surface area (Å²) in [5.41, 5.74) is 0. The Morgan fingerprint density at radius 2 is 2.20 bits per heavy atom. The van der Waals surface area contributed by atoms with E-state index in [1.165, 1.54) is 11.9 Å². The number of carbonyl (C=O) groups is 2. The minimum Gasteiger partial charge on any atom is -0.374 e. The molecule has 3 atom stereocenters. The van der Waals surface area contributed by atoms with Gasteiger partial charge in [-0.2, -0.15) is 0 Å². The largest absolute Gasteiger partial charge is 0.374 e. The number of nitrogens with one attached hydrogen (secondary N) is 1. The lowest BCUT2D eigenvalue weighted by Crippen LogP contribution is -2.59. The summed E-state index contributed by atoms with van der Waals surface area (Å²) < 4.78 is 0. The highest BCUT2D eigenvalue weighted by Crippen LogP contribution is 2.19. The lowest BCUT2D eigenvalue weighted by molar-refractivity contribution is -0.134. The summed E-state index contributed by atoms with van der Waals surface area (Å²) >= 11 is 0. The summed E-state index contributed by atoms with van der Waals surface area (Å²) in [6.45, 7) is 3.75. The fourth-order valence-corrected chi connectivity index (χ4v) is 2.23. The van der Waals surface area contributed by atoms with Crippen molar-refractivity contribution in [3.05, 3.63) is 12.2 Å². The molecule has 0 aromatic heterocycles. The Morgan fingerprint density at radius 3 is 2.70 bits per heavy atom. The van der Waals surface area contributed by atoms with E-state index in [0.29, 0.717) is 17.9 Å². The number of hydrogen-bond acceptors (Lipinski definition) is 4. The Morgan fingerprint density at radius 1 is 1.55 bits per heavy atom. The average molecular weight is 285 g/mol. The molecule has 1 rings (SSSR count). The molecule has 3 amide bonds. The molecule has 1 fully saturated rings. The van der Waals surface area contributed by atoms with Crippen molar-refractivity contribution in [2.75, 3.05) is 7.05 Å². The predicted molar refractivity (Wildman–Crippen MR) is 72.8 cm³/mol. The van der Waals surface area contributed by atoms with Crippen molar-refractivity contribution in [2.45, 2.75) is 51.4 Å². The van der Waals surface area contributed by atoms with Gasteiger partial charge in [0, 0.05) is 13.1 Å². The molecule has 7 heteroatoms. The smallest absolute Gasteiger partial charge is 0.344 e. The molecular formula is C13H23N3O4. The van der Waals surface area contributed by atoms with Crippen LogP contribution in [0.3, 0.4) is 0 Å². The topological polar surface area (TPSA) is 93.1 Å². The summed E-state index contributed by atoms with van der Waals surface area (Å²) in [6, 6.07) is -1.67. The number of amides is 3. The van der Waals surface area contributed by atoms with E-state index in [4.69, 9.17) is 0 Å². The molecule has 3 N–H and O–H groups in total. The zero-order valence-corrected chi connectivity index (χ0v) is 12.1. The van der Waals surface area contributed by atoms with Crippen molar-refractivity contribution in [3.63, 3.8) is 0 Å². The summed E-state index contributed by atoms with van der Waals surface area (Å²) in [5, 5.41) is 21.6. The summed E-state index contributed by atoms with van der Waals surface area (Å²) in [7, 11) is 1.22. The monoisotopic (exact) mass is 285 g/mol. The summed E-state index contributed by atoms with van der Waals surface area (Å²) in [4.78, 5) is 25.4. The molecule has 0 aromatic carbocycles. The van der Waals surface area contributed by atoms with Crippen LogP contribution in [0.2, 0.25) is 0 Å². The van der Waals surface area contributed by atoms with Gasteiger partial charge in [-0.3, -0.25) is 10.0 Å². The van der Waals surface area contributed by atoms with E-state index in [-0.39, 0.29) is 6.04 Å². The molecule has 0 saturated carbocycles. The van der Waals surface area contributed by atoms with Gasteiger partial charge < -0.3 is 15.3 Å². The van der Waals surface area contributed by atoms with Crippen LogP contribution in [0, 0.1) is 0 Å². The molecule has 1 heterocycles. The molecule has 0 aliphatic carbocycles. The first kappa shape index (κ1) is 16.5. The third-order valence-electron chi connectivity index (χ3n) is 3.25. The third-order valence-corrected chi connectivity index (χ3v) is 3.25. The SMILES string of the molecule is CC/C=C\C(C)N(C(=O)N(C)O)C1CCC(O)NC1=O. The van der Waals surface area contributed by atoms with E-state index in [1.807, 2.05) is 19.1 Å². The number of rotatable bonds is 4. The van der Waals surface area contributed by atoms with E-state index in [0.717, 1.165) is 6.42 Å². The molecule has 3 unspecified atom stereocenters. The van der Waals surface area contributed by atoms with Gasteiger partial charge in [0.2, 0.25) is 5.91 Å². The minimum atomic E-state index is -0.871. The molecule has 1 saturated heterocycles. The lowest BCUT2D eigenvalue weighted by atomic mass is 10.0. The van der Waals surface area contributed by atoms with Crippen LogP contribution in [0.4, 0.5) is 4.79 Å². The van der Waals surface area contributed by atoms with Crippen LogP contribution in [0.1, 0.15) is 33.1 Å². The highest BCUT2D eigenvalue weighted by molar-refractivity contribution is 5.87. The third kappa shape index (κ3) is 3.94. The number of piperidine rings is 1. The fraction of sp³-hybridized carbons (Fsp3) is 0.692. The van der Waals surface area contributed by atoms with Crippen LogP contribution >= 0.6 is 0 Å². The van der Waals surface area contributed by atoms with Gasteiger partial charge in [0.05, 0.1) is 0 Å². The van der Waals surface area contributed by atoms with Gasteiger partial charge in [0.15, 0.2) is 0 Å². The Bertz CT molecular complexity index is 384. The maximum absolute atomic E-state index is 12.1. The molecule has 7 nitrogen and oxygen atoms in total. The van der Waals surface area contributed by atoms with Crippen molar-refractivity contribution in [1.82, 2.24) is 15.3 Å². The Balaban J connectivity index is 2.95. The van der Waals surface area contributed by atoms with Crippen LogP contribution < -0.4 is 5.32 Å². The van der Waals surface area contributed by atoms with Crippen LogP contribution in [0.15, 0.2) is 12.2 Å². The van der Waals surface area contributed by atoms with E-state index in [9.17, 15) is 19.9 Å². The van der Waals surface area contributed by atoms with Crippen LogP contribution in [-0.2, 0) is 4.79 Å². The van der Waals surface area contributed by atoms with E-state index < -0.39 is 24.2 Å². The van der Waals surface area contributed by atoms with Gasteiger partial charge in [-0.15, -0.1) is 0 Å². The molecular weight excluding hydrogens is 262 g/mol. The number of allylic oxidation sites excluding steroid dienone is 1. The standard InChI is InChI=1S/C13H23N3O4/c1-4-5-6-9(2)16(13(19)15(3)20)10-7-8-11(17)14-12(10)18/h5-6,9-11,17,20H,4,7-8H2,1-3H3,(H,14,18)/b6-5-. The molecule has 0 spiro atoms. The number of carbonyl (C=O) groups excluding carboxylic acids is 2. The Kier molecular flexibility index (Phi) is 5.97. The zero-order chi connectivity index (χ0) is 15.3. The van der Waals surface area contributed by atoms with Crippen molar-refractivity contribution in [3.8, 4) is 0 Å². The fourth-order valence-electron chi connectivity index (χ4n) is 2.23. The van der Waals surface area contributed by atoms with Gasteiger partial charge in [0.1, 0.15) is 12.3 Å². The normalized spacial score (nSPS) is 24.4. The molecule has 1 aliphatic heterocycles. The highest BCUT2D eigenvalue weighted by atomic mass is 16.5. The predicted octanol–water partition coefficient (Wildman–Crippen LogP) is 0.681. The average Bonchev–Trinajstić information content (AvgIpc) is 2.38. The van der Waals surface area contributed by atoms with Crippen LogP contribution in [0.5, 0.6) is 0 Å². The first-order chi connectivity index (χ1) is 9.38. The molecule has 0 bridgehead atoms. The van der Waals surface area contributed by atoms with Crippen molar-refractivity contribution < 1.29 is 19.9 Å². The van der Waals surface area contributed by atoms with E-state index in [2.05, 4.69) is 5.32 Å². The molecule has 0 aromatic rings. The van der Waals surface area contributed by atoms with Gasteiger partial charge >= 0.3 is 6.03 Å².